The van der Waals surface area contributed by atoms with Crippen molar-refractivity contribution in [3.63, 3.8) is 0 Å². The normalized spacial score (nSPS) is 11.3. The third kappa shape index (κ3) is 3.34. The summed E-state index contributed by atoms with van der Waals surface area (Å²) in [4.78, 5) is 17.0. The summed E-state index contributed by atoms with van der Waals surface area (Å²) in [6.07, 6.45) is 1.47. The van der Waals surface area contributed by atoms with Gasteiger partial charge in [-0.15, -0.1) is 0 Å². The van der Waals surface area contributed by atoms with Crippen molar-refractivity contribution in [2.45, 2.75) is 13.8 Å². The minimum absolute atomic E-state index is 0.124. The predicted octanol–water partition coefficient (Wildman–Crippen LogP) is 3.34. The van der Waals surface area contributed by atoms with E-state index in [1.807, 2.05) is 6.07 Å². The van der Waals surface area contributed by atoms with Gasteiger partial charge in [0.2, 0.25) is 0 Å². The van der Waals surface area contributed by atoms with Crippen molar-refractivity contribution in [1.82, 2.24) is 9.66 Å². The Morgan fingerprint density at radius 3 is 2.88 bits per heavy atom. The number of aromatic nitrogens is 2. The van der Waals surface area contributed by atoms with Crippen LogP contribution >= 0.6 is 11.6 Å². The summed E-state index contributed by atoms with van der Waals surface area (Å²) in [6, 6.07) is 10.2. The average molecular weight is 358 g/mol. The van der Waals surface area contributed by atoms with Crippen LogP contribution in [0.15, 0.2) is 46.3 Å². The number of halogens is 1. The molecule has 0 aliphatic rings. The minimum Gasteiger partial charge on any atom is -0.503 e. The van der Waals surface area contributed by atoms with Crippen molar-refractivity contribution >= 4 is 28.7 Å². The fourth-order valence-corrected chi connectivity index (χ4v) is 2.65. The lowest BCUT2D eigenvalue weighted by atomic mass is 10.2. The SMILES string of the molecule is CCOc1cc(/C=N/n2c(C)nc3ccccc3c2=O)cc(Cl)c1O. The molecule has 3 rings (SSSR count). The highest BCUT2D eigenvalue weighted by Crippen LogP contribution is 2.34. The van der Waals surface area contributed by atoms with E-state index in [0.717, 1.165) is 0 Å². The zero-order valence-electron chi connectivity index (χ0n) is 13.7. The van der Waals surface area contributed by atoms with E-state index in [9.17, 15) is 9.90 Å². The van der Waals surface area contributed by atoms with E-state index in [0.29, 0.717) is 28.9 Å². The van der Waals surface area contributed by atoms with Gasteiger partial charge in [-0.1, -0.05) is 23.7 Å². The van der Waals surface area contributed by atoms with Crippen LogP contribution in [0.3, 0.4) is 0 Å². The first kappa shape index (κ1) is 17.0. The number of fused-ring (bicyclic) bond motifs is 1. The average Bonchev–Trinajstić information content (AvgIpc) is 2.59. The number of ether oxygens (including phenoxy) is 1. The summed E-state index contributed by atoms with van der Waals surface area (Å²) in [6.45, 7) is 3.90. The number of hydrogen-bond donors (Lipinski definition) is 1. The maximum absolute atomic E-state index is 12.6. The minimum atomic E-state index is -0.255. The van der Waals surface area contributed by atoms with Gasteiger partial charge in [0.25, 0.3) is 5.56 Å². The molecule has 25 heavy (non-hydrogen) atoms. The van der Waals surface area contributed by atoms with Crippen LogP contribution in [0, 0.1) is 6.92 Å². The molecule has 1 heterocycles. The maximum Gasteiger partial charge on any atom is 0.282 e. The standard InChI is InChI=1S/C18H16ClN3O3/c1-3-25-16-9-12(8-14(19)17(16)23)10-20-22-11(2)21-15-7-5-4-6-13(15)18(22)24/h4-10,23H,3H2,1-2H3/b20-10+. The van der Waals surface area contributed by atoms with Crippen molar-refractivity contribution in [3.05, 3.63) is 63.2 Å². The van der Waals surface area contributed by atoms with Gasteiger partial charge in [0.05, 0.1) is 28.7 Å². The Morgan fingerprint density at radius 1 is 1.36 bits per heavy atom. The molecular weight excluding hydrogens is 342 g/mol. The molecule has 0 aliphatic heterocycles. The van der Waals surface area contributed by atoms with Gasteiger partial charge in [-0.3, -0.25) is 4.79 Å². The van der Waals surface area contributed by atoms with Gasteiger partial charge in [-0.05, 0) is 43.7 Å². The first-order valence-corrected chi connectivity index (χ1v) is 8.07. The van der Waals surface area contributed by atoms with Gasteiger partial charge >= 0.3 is 0 Å². The summed E-state index contributed by atoms with van der Waals surface area (Å²) in [5, 5.41) is 14.7. The molecular formula is C18H16ClN3O3. The zero-order chi connectivity index (χ0) is 18.0. The summed E-state index contributed by atoms with van der Waals surface area (Å²) >= 11 is 6.00. The van der Waals surface area contributed by atoms with E-state index in [2.05, 4.69) is 10.1 Å². The molecule has 0 bridgehead atoms. The largest absolute Gasteiger partial charge is 0.503 e. The van der Waals surface area contributed by atoms with Crippen LogP contribution in [0.5, 0.6) is 11.5 Å². The Labute approximate surface area is 149 Å². The number of para-hydroxylation sites is 1. The molecule has 0 unspecified atom stereocenters. The number of benzene rings is 2. The number of nitrogens with zero attached hydrogens (tertiary/aromatic N) is 3. The molecule has 6 nitrogen and oxygen atoms in total. The summed E-state index contributed by atoms with van der Waals surface area (Å²) in [5.41, 5.74) is 0.961. The fraction of sp³-hybridized carbons (Fsp3) is 0.167. The second-order valence-electron chi connectivity index (χ2n) is 5.32. The molecule has 0 saturated carbocycles. The lowest BCUT2D eigenvalue weighted by Gasteiger charge is -2.08. The van der Waals surface area contributed by atoms with E-state index in [-0.39, 0.29) is 22.1 Å². The second-order valence-corrected chi connectivity index (χ2v) is 5.73. The number of aryl methyl sites for hydroxylation is 1. The lowest BCUT2D eigenvalue weighted by Crippen LogP contribution is -2.20. The van der Waals surface area contributed by atoms with Crippen LogP contribution in [0.25, 0.3) is 10.9 Å². The highest BCUT2D eigenvalue weighted by Gasteiger charge is 2.10. The van der Waals surface area contributed by atoms with Gasteiger partial charge in [-0.25, -0.2) is 4.98 Å². The number of phenols is 1. The predicted molar refractivity (Wildman–Crippen MR) is 98.0 cm³/mol. The van der Waals surface area contributed by atoms with Gasteiger partial charge in [-0.2, -0.15) is 9.78 Å². The van der Waals surface area contributed by atoms with Crippen molar-refractivity contribution in [1.29, 1.82) is 0 Å². The molecule has 0 atom stereocenters. The van der Waals surface area contributed by atoms with Crippen molar-refractivity contribution in [2.24, 2.45) is 5.10 Å². The molecule has 3 aromatic rings. The molecule has 1 N–H and O–H groups in total. The van der Waals surface area contributed by atoms with Crippen LogP contribution in [-0.4, -0.2) is 27.6 Å². The molecule has 0 amide bonds. The lowest BCUT2D eigenvalue weighted by molar-refractivity contribution is 0.318. The molecule has 7 heteroatoms. The fourth-order valence-electron chi connectivity index (χ4n) is 2.43. The molecule has 128 valence electrons. The van der Waals surface area contributed by atoms with E-state index in [1.165, 1.54) is 17.0 Å². The highest BCUT2D eigenvalue weighted by molar-refractivity contribution is 6.32. The maximum atomic E-state index is 12.6. The Balaban J connectivity index is 2.06. The van der Waals surface area contributed by atoms with Crippen LogP contribution in [0.1, 0.15) is 18.3 Å². The number of phenolic OH excluding ortho intramolecular Hbond substituents is 1. The second kappa shape index (κ2) is 6.94. The van der Waals surface area contributed by atoms with E-state index < -0.39 is 0 Å². The van der Waals surface area contributed by atoms with Gasteiger partial charge < -0.3 is 9.84 Å². The summed E-state index contributed by atoms with van der Waals surface area (Å²) in [5.74, 6) is 0.605. The van der Waals surface area contributed by atoms with Crippen molar-refractivity contribution < 1.29 is 9.84 Å². The summed E-state index contributed by atoms with van der Waals surface area (Å²) < 4.78 is 6.56. The highest BCUT2D eigenvalue weighted by atomic mass is 35.5. The van der Waals surface area contributed by atoms with Gasteiger partial charge in [0, 0.05) is 0 Å². The monoisotopic (exact) mass is 357 g/mol. The van der Waals surface area contributed by atoms with Gasteiger partial charge in [0.1, 0.15) is 5.82 Å². The molecule has 0 fully saturated rings. The molecule has 0 radical (unpaired) electrons. The van der Waals surface area contributed by atoms with Crippen LogP contribution in [-0.2, 0) is 0 Å². The van der Waals surface area contributed by atoms with E-state index >= 15 is 0 Å². The quantitative estimate of drug-likeness (QED) is 0.726. The van der Waals surface area contributed by atoms with Crippen LogP contribution < -0.4 is 10.3 Å². The van der Waals surface area contributed by atoms with Crippen molar-refractivity contribution in [2.75, 3.05) is 6.61 Å². The smallest absolute Gasteiger partial charge is 0.282 e. The summed E-state index contributed by atoms with van der Waals surface area (Å²) in [7, 11) is 0. The topological polar surface area (TPSA) is 76.7 Å². The Bertz CT molecular complexity index is 1030. The van der Waals surface area contributed by atoms with Crippen molar-refractivity contribution in [3.8, 4) is 11.5 Å². The van der Waals surface area contributed by atoms with Crippen LogP contribution in [0.4, 0.5) is 0 Å². The van der Waals surface area contributed by atoms with Gasteiger partial charge in [0.15, 0.2) is 11.5 Å². The molecule has 0 saturated heterocycles. The number of hydrogen-bond acceptors (Lipinski definition) is 5. The molecule has 2 aromatic carbocycles. The molecule has 0 spiro atoms. The Hall–Kier alpha value is -2.86. The number of rotatable bonds is 4. The number of aromatic hydroxyl groups is 1. The Kier molecular flexibility index (Phi) is 4.72. The Morgan fingerprint density at radius 2 is 2.12 bits per heavy atom. The van der Waals surface area contributed by atoms with Crippen LogP contribution in [0.2, 0.25) is 5.02 Å². The molecule has 1 aromatic heterocycles. The zero-order valence-corrected chi connectivity index (χ0v) is 14.5. The van der Waals surface area contributed by atoms with E-state index in [4.69, 9.17) is 16.3 Å². The molecule has 0 aliphatic carbocycles. The first-order chi connectivity index (χ1) is 12.0. The third-order valence-corrected chi connectivity index (χ3v) is 3.88. The van der Waals surface area contributed by atoms with E-state index in [1.54, 1.807) is 38.1 Å². The third-order valence-electron chi connectivity index (χ3n) is 3.59. The first-order valence-electron chi connectivity index (χ1n) is 7.69.